The van der Waals surface area contributed by atoms with Crippen molar-refractivity contribution in [3.05, 3.63) is 64.7 Å². The molecule has 2 aromatic carbocycles. The molecule has 1 unspecified atom stereocenters. The molecule has 0 fully saturated rings. The highest BCUT2D eigenvalue weighted by atomic mass is 35.5. The minimum absolute atomic E-state index is 0.0120. The van der Waals surface area contributed by atoms with Crippen molar-refractivity contribution in [2.75, 3.05) is 0 Å². The van der Waals surface area contributed by atoms with E-state index in [1.165, 1.54) is 6.92 Å². The molecule has 2 rings (SSSR count). The quantitative estimate of drug-likeness (QED) is 0.822. The molecule has 5 heteroatoms. The van der Waals surface area contributed by atoms with Gasteiger partial charge in [0.2, 0.25) is 0 Å². The van der Waals surface area contributed by atoms with Gasteiger partial charge in [-0.1, -0.05) is 29.8 Å². The van der Waals surface area contributed by atoms with Crippen LogP contribution < -0.4 is 10.1 Å². The van der Waals surface area contributed by atoms with E-state index in [4.69, 9.17) is 16.3 Å². The van der Waals surface area contributed by atoms with E-state index in [0.717, 1.165) is 5.56 Å². The number of ether oxygens (including phenoxy) is 1. The van der Waals surface area contributed by atoms with Gasteiger partial charge in [-0.25, -0.2) is 0 Å². The maximum Gasteiger partial charge on any atom is 0.261 e. The van der Waals surface area contributed by atoms with Gasteiger partial charge in [0.25, 0.3) is 5.91 Å². The highest BCUT2D eigenvalue weighted by Crippen LogP contribution is 2.16. The van der Waals surface area contributed by atoms with Gasteiger partial charge in [0.1, 0.15) is 5.75 Å². The Labute approximate surface area is 140 Å². The van der Waals surface area contributed by atoms with E-state index < -0.39 is 6.10 Å². The molecule has 0 aliphatic heterocycles. The van der Waals surface area contributed by atoms with Crippen LogP contribution in [-0.2, 0) is 11.3 Å². The highest BCUT2D eigenvalue weighted by molar-refractivity contribution is 6.31. The van der Waals surface area contributed by atoms with Crippen molar-refractivity contribution in [3.63, 3.8) is 0 Å². The second-order valence-electron chi connectivity index (χ2n) is 5.15. The van der Waals surface area contributed by atoms with Crippen molar-refractivity contribution < 1.29 is 14.3 Å². The van der Waals surface area contributed by atoms with Gasteiger partial charge in [0, 0.05) is 17.1 Å². The SMILES string of the molecule is CC(=O)c1ccc(OC(C)C(=O)NCc2ccccc2Cl)cc1. The molecule has 0 bridgehead atoms. The Morgan fingerprint density at radius 2 is 1.78 bits per heavy atom. The van der Waals surface area contributed by atoms with E-state index in [1.54, 1.807) is 37.3 Å². The lowest BCUT2D eigenvalue weighted by molar-refractivity contribution is -0.127. The van der Waals surface area contributed by atoms with Crippen LogP contribution in [-0.4, -0.2) is 17.8 Å². The van der Waals surface area contributed by atoms with Crippen molar-refractivity contribution in [1.29, 1.82) is 0 Å². The zero-order valence-corrected chi connectivity index (χ0v) is 13.8. The lowest BCUT2D eigenvalue weighted by Gasteiger charge is -2.15. The molecule has 2 aromatic rings. The Hall–Kier alpha value is -2.33. The van der Waals surface area contributed by atoms with Gasteiger partial charge in [-0.05, 0) is 49.7 Å². The van der Waals surface area contributed by atoms with Gasteiger partial charge in [0.15, 0.2) is 11.9 Å². The number of ketones is 1. The molecule has 0 aromatic heterocycles. The van der Waals surface area contributed by atoms with Crippen LogP contribution >= 0.6 is 11.6 Å². The Bertz CT molecular complexity index is 698. The molecule has 0 aliphatic rings. The molecular weight excluding hydrogens is 314 g/mol. The van der Waals surface area contributed by atoms with Gasteiger partial charge < -0.3 is 10.1 Å². The van der Waals surface area contributed by atoms with Gasteiger partial charge in [0.05, 0.1) is 0 Å². The number of carbonyl (C=O) groups excluding carboxylic acids is 2. The first-order chi connectivity index (χ1) is 11.0. The average Bonchev–Trinajstić information content (AvgIpc) is 2.54. The average molecular weight is 332 g/mol. The van der Waals surface area contributed by atoms with E-state index in [9.17, 15) is 9.59 Å². The Morgan fingerprint density at radius 1 is 1.13 bits per heavy atom. The maximum absolute atomic E-state index is 12.1. The Kier molecular flexibility index (Phi) is 5.77. The van der Waals surface area contributed by atoms with E-state index in [1.807, 2.05) is 18.2 Å². The minimum Gasteiger partial charge on any atom is -0.481 e. The monoisotopic (exact) mass is 331 g/mol. The summed E-state index contributed by atoms with van der Waals surface area (Å²) in [6, 6.07) is 14.0. The number of hydrogen-bond acceptors (Lipinski definition) is 3. The third-order valence-corrected chi connectivity index (χ3v) is 3.72. The summed E-state index contributed by atoms with van der Waals surface area (Å²) in [6.07, 6.45) is -0.652. The molecule has 1 amide bonds. The standard InChI is InChI=1S/C18H18ClNO3/c1-12(21)14-7-9-16(10-8-14)23-13(2)18(22)20-11-15-5-3-4-6-17(15)19/h3-10,13H,11H2,1-2H3,(H,20,22). The van der Waals surface area contributed by atoms with Crippen molar-refractivity contribution in [1.82, 2.24) is 5.32 Å². The summed E-state index contributed by atoms with van der Waals surface area (Å²) in [5, 5.41) is 3.40. The number of halogens is 1. The fourth-order valence-corrected chi connectivity index (χ4v) is 2.20. The van der Waals surface area contributed by atoms with Crippen molar-refractivity contribution in [2.24, 2.45) is 0 Å². The maximum atomic E-state index is 12.1. The molecule has 0 heterocycles. The van der Waals surface area contributed by atoms with Crippen molar-refractivity contribution in [3.8, 4) is 5.75 Å². The lowest BCUT2D eigenvalue weighted by Crippen LogP contribution is -2.35. The molecule has 0 spiro atoms. The fourth-order valence-electron chi connectivity index (χ4n) is 1.99. The summed E-state index contributed by atoms with van der Waals surface area (Å²) in [5.74, 6) is 0.290. The zero-order valence-electron chi connectivity index (χ0n) is 13.0. The first-order valence-electron chi connectivity index (χ1n) is 7.26. The molecule has 0 saturated heterocycles. The molecule has 0 radical (unpaired) electrons. The van der Waals surface area contributed by atoms with Gasteiger partial charge in [-0.3, -0.25) is 9.59 Å². The Balaban J connectivity index is 1.89. The summed E-state index contributed by atoms with van der Waals surface area (Å²) in [7, 11) is 0. The van der Waals surface area contributed by atoms with Crippen LogP contribution in [0.5, 0.6) is 5.75 Å². The molecule has 1 N–H and O–H groups in total. The van der Waals surface area contributed by atoms with Crippen LogP contribution in [0.25, 0.3) is 0 Å². The van der Waals surface area contributed by atoms with Crippen LogP contribution in [0, 0.1) is 0 Å². The number of amides is 1. The second-order valence-corrected chi connectivity index (χ2v) is 5.56. The summed E-state index contributed by atoms with van der Waals surface area (Å²) >= 11 is 6.05. The van der Waals surface area contributed by atoms with E-state index in [2.05, 4.69) is 5.32 Å². The summed E-state index contributed by atoms with van der Waals surface area (Å²) in [5.41, 5.74) is 1.45. The topological polar surface area (TPSA) is 55.4 Å². The number of carbonyl (C=O) groups is 2. The number of hydrogen-bond donors (Lipinski definition) is 1. The minimum atomic E-state index is -0.652. The van der Waals surface area contributed by atoms with Crippen LogP contribution in [0.3, 0.4) is 0 Å². The van der Waals surface area contributed by atoms with E-state index in [-0.39, 0.29) is 11.7 Å². The van der Waals surface area contributed by atoms with Crippen LogP contribution in [0.2, 0.25) is 5.02 Å². The van der Waals surface area contributed by atoms with E-state index in [0.29, 0.717) is 22.9 Å². The lowest BCUT2D eigenvalue weighted by atomic mass is 10.1. The fraction of sp³-hybridized carbons (Fsp3) is 0.222. The van der Waals surface area contributed by atoms with Gasteiger partial charge in [-0.2, -0.15) is 0 Å². The summed E-state index contributed by atoms with van der Waals surface area (Å²) in [4.78, 5) is 23.3. The molecular formula is C18H18ClNO3. The summed E-state index contributed by atoms with van der Waals surface area (Å²) < 4.78 is 5.57. The van der Waals surface area contributed by atoms with Crippen LogP contribution in [0.15, 0.2) is 48.5 Å². The van der Waals surface area contributed by atoms with Crippen LogP contribution in [0.4, 0.5) is 0 Å². The normalized spacial score (nSPS) is 11.6. The predicted molar refractivity (Wildman–Crippen MR) is 89.8 cm³/mol. The van der Waals surface area contributed by atoms with Gasteiger partial charge in [-0.15, -0.1) is 0 Å². The molecule has 120 valence electrons. The third kappa shape index (κ3) is 4.83. The number of Topliss-reactive ketones (excluding diaryl/α,β-unsaturated/α-hetero) is 1. The largest absolute Gasteiger partial charge is 0.481 e. The van der Waals surface area contributed by atoms with Crippen molar-refractivity contribution in [2.45, 2.75) is 26.5 Å². The molecule has 4 nitrogen and oxygen atoms in total. The number of benzene rings is 2. The Morgan fingerprint density at radius 3 is 2.39 bits per heavy atom. The second kappa shape index (κ2) is 7.79. The molecule has 0 aliphatic carbocycles. The van der Waals surface area contributed by atoms with E-state index >= 15 is 0 Å². The summed E-state index contributed by atoms with van der Waals surface area (Å²) in [6.45, 7) is 3.51. The predicted octanol–water partition coefficient (Wildman–Crippen LogP) is 3.63. The molecule has 1 atom stereocenters. The third-order valence-electron chi connectivity index (χ3n) is 3.35. The van der Waals surface area contributed by atoms with Gasteiger partial charge >= 0.3 is 0 Å². The van der Waals surface area contributed by atoms with Crippen LogP contribution in [0.1, 0.15) is 29.8 Å². The zero-order chi connectivity index (χ0) is 16.8. The number of nitrogens with one attached hydrogen (secondary N) is 1. The smallest absolute Gasteiger partial charge is 0.261 e. The molecule has 23 heavy (non-hydrogen) atoms. The number of rotatable bonds is 6. The highest BCUT2D eigenvalue weighted by Gasteiger charge is 2.15. The first kappa shape index (κ1) is 17.0. The first-order valence-corrected chi connectivity index (χ1v) is 7.64. The molecule has 0 saturated carbocycles. The van der Waals surface area contributed by atoms with Crippen molar-refractivity contribution >= 4 is 23.3 Å².